The van der Waals surface area contributed by atoms with E-state index >= 15 is 0 Å². The second-order valence-corrected chi connectivity index (χ2v) is 4.37. The van der Waals surface area contributed by atoms with E-state index in [2.05, 4.69) is 10.3 Å². The molecule has 0 saturated heterocycles. The Kier molecular flexibility index (Phi) is 4.26. The van der Waals surface area contributed by atoms with Crippen LogP contribution in [-0.2, 0) is 0 Å². The molecule has 4 nitrogen and oxygen atoms in total. The monoisotopic (exact) mass is 256 g/mol. The van der Waals surface area contributed by atoms with E-state index < -0.39 is 6.04 Å². The van der Waals surface area contributed by atoms with Gasteiger partial charge in [-0.25, -0.2) is 0 Å². The number of aromatic nitrogens is 1. The number of hydrogen-bond donors (Lipinski definition) is 2. The number of carbonyl (C=O) groups is 1. The van der Waals surface area contributed by atoms with Crippen molar-refractivity contribution in [1.82, 2.24) is 10.3 Å². The van der Waals surface area contributed by atoms with E-state index in [1.54, 1.807) is 12.3 Å². The molecule has 0 aliphatic rings. The number of nitrogens with one attached hydrogen (secondary N) is 1. The molecule has 2 rings (SSSR count). The summed E-state index contributed by atoms with van der Waals surface area (Å²) in [4.78, 5) is 16.1. The van der Waals surface area contributed by atoms with Gasteiger partial charge in [0.1, 0.15) is 0 Å². The van der Waals surface area contributed by atoms with E-state index in [-0.39, 0.29) is 12.5 Å². The third-order valence-electron chi connectivity index (χ3n) is 2.83. The lowest BCUT2D eigenvalue weighted by Gasteiger charge is -2.16. The summed E-state index contributed by atoms with van der Waals surface area (Å²) in [6.07, 6.45) is 3.21. The summed E-state index contributed by atoms with van der Waals surface area (Å²) >= 11 is 0. The van der Waals surface area contributed by atoms with Gasteiger partial charge in [-0.05, 0) is 24.1 Å². The summed E-state index contributed by atoms with van der Waals surface area (Å²) in [6.45, 7) is 1.74. The van der Waals surface area contributed by atoms with Gasteiger partial charge in [0.25, 0.3) is 5.91 Å². The third kappa shape index (κ3) is 3.39. The number of pyridine rings is 1. The van der Waals surface area contributed by atoms with Crippen molar-refractivity contribution in [3.8, 4) is 0 Å². The smallest absolute Gasteiger partial charge is 0.253 e. The molecule has 98 valence electrons. The van der Waals surface area contributed by atoms with Gasteiger partial charge < -0.3 is 10.4 Å². The number of nitrogens with zero attached hydrogens (tertiary/aromatic N) is 1. The Morgan fingerprint density at radius 1 is 1.32 bits per heavy atom. The standard InChI is InChI=1S/C15H16N2O2/c1-11-7-13(9-16-8-11)15(19)17-14(10-18)12-5-3-2-4-6-12/h2-9,14,18H,10H2,1H3,(H,17,19). The molecule has 1 aromatic carbocycles. The van der Waals surface area contributed by atoms with Crippen molar-refractivity contribution in [3.05, 3.63) is 65.5 Å². The molecule has 0 radical (unpaired) electrons. The van der Waals surface area contributed by atoms with Crippen LogP contribution in [0.2, 0.25) is 0 Å². The van der Waals surface area contributed by atoms with Crippen LogP contribution >= 0.6 is 0 Å². The highest BCUT2D eigenvalue weighted by Gasteiger charge is 2.14. The molecule has 0 aliphatic carbocycles. The third-order valence-corrected chi connectivity index (χ3v) is 2.83. The molecule has 0 fully saturated rings. The first-order chi connectivity index (χ1) is 9.20. The number of amides is 1. The van der Waals surface area contributed by atoms with Crippen molar-refractivity contribution in [3.63, 3.8) is 0 Å². The predicted molar refractivity (Wildman–Crippen MR) is 72.7 cm³/mol. The zero-order chi connectivity index (χ0) is 13.7. The molecule has 19 heavy (non-hydrogen) atoms. The largest absolute Gasteiger partial charge is 0.394 e. The minimum absolute atomic E-state index is 0.144. The van der Waals surface area contributed by atoms with Crippen LogP contribution in [0.4, 0.5) is 0 Å². The molecule has 1 unspecified atom stereocenters. The Hall–Kier alpha value is -2.20. The van der Waals surface area contributed by atoms with E-state index in [1.807, 2.05) is 37.3 Å². The van der Waals surface area contributed by atoms with Crippen molar-refractivity contribution in [1.29, 1.82) is 0 Å². The van der Waals surface area contributed by atoms with Crippen LogP contribution in [0.15, 0.2) is 48.8 Å². The molecule has 4 heteroatoms. The fourth-order valence-electron chi connectivity index (χ4n) is 1.84. The Morgan fingerprint density at radius 2 is 2.05 bits per heavy atom. The van der Waals surface area contributed by atoms with Gasteiger partial charge in [-0.1, -0.05) is 30.3 Å². The van der Waals surface area contributed by atoms with Crippen molar-refractivity contribution in [2.24, 2.45) is 0 Å². The number of aryl methyl sites for hydroxylation is 1. The highest BCUT2D eigenvalue weighted by Crippen LogP contribution is 2.12. The van der Waals surface area contributed by atoms with E-state index in [1.165, 1.54) is 6.20 Å². The molecular formula is C15H16N2O2. The fourth-order valence-corrected chi connectivity index (χ4v) is 1.84. The van der Waals surface area contributed by atoms with Crippen LogP contribution in [-0.4, -0.2) is 22.6 Å². The summed E-state index contributed by atoms with van der Waals surface area (Å²) < 4.78 is 0. The van der Waals surface area contributed by atoms with Crippen molar-refractivity contribution in [2.75, 3.05) is 6.61 Å². The van der Waals surface area contributed by atoms with Crippen molar-refractivity contribution in [2.45, 2.75) is 13.0 Å². The molecule has 1 atom stereocenters. The molecule has 1 heterocycles. The van der Waals surface area contributed by atoms with Gasteiger partial charge in [-0.3, -0.25) is 9.78 Å². The number of rotatable bonds is 4. The fraction of sp³-hybridized carbons (Fsp3) is 0.200. The molecule has 0 bridgehead atoms. The second kappa shape index (κ2) is 6.11. The second-order valence-electron chi connectivity index (χ2n) is 4.37. The van der Waals surface area contributed by atoms with Gasteiger partial charge in [0, 0.05) is 12.4 Å². The predicted octanol–water partition coefficient (Wildman–Crippen LogP) is 1.85. The number of hydrogen-bond acceptors (Lipinski definition) is 3. The number of aliphatic hydroxyl groups is 1. The van der Waals surface area contributed by atoms with Crippen LogP contribution in [0.1, 0.15) is 27.5 Å². The highest BCUT2D eigenvalue weighted by atomic mass is 16.3. The van der Waals surface area contributed by atoms with Crippen molar-refractivity contribution < 1.29 is 9.90 Å². The van der Waals surface area contributed by atoms with Gasteiger partial charge in [-0.15, -0.1) is 0 Å². The topological polar surface area (TPSA) is 62.2 Å². The Balaban J connectivity index is 2.13. The van der Waals surface area contributed by atoms with Crippen LogP contribution in [0.3, 0.4) is 0 Å². The molecule has 1 aromatic heterocycles. The lowest BCUT2D eigenvalue weighted by molar-refractivity contribution is 0.0915. The molecule has 0 aliphatic heterocycles. The maximum Gasteiger partial charge on any atom is 0.253 e. The Labute approximate surface area is 112 Å². The number of carbonyl (C=O) groups excluding carboxylic acids is 1. The van der Waals surface area contributed by atoms with E-state index in [4.69, 9.17) is 0 Å². The lowest BCUT2D eigenvalue weighted by Crippen LogP contribution is -2.30. The molecule has 0 spiro atoms. The van der Waals surface area contributed by atoms with Gasteiger partial charge in [-0.2, -0.15) is 0 Å². The number of aliphatic hydroxyl groups excluding tert-OH is 1. The van der Waals surface area contributed by atoms with E-state index in [9.17, 15) is 9.90 Å². The summed E-state index contributed by atoms with van der Waals surface area (Å²) in [7, 11) is 0. The van der Waals surface area contributed by atoms with Gasteiger partial charge in [0.05, 0.1) is 18.2 Å². The zero-order valence-electron chi connectivity index (χ0n) is 10.7. The maximum absolute atomic E-state index is 12.1. The average Bonchev–Trinajstić information content (AvgIpc) is 2.45. The molecule has 2 aromatic rings. The summed E-state index contributed by atoms with van der Waals surface area (Å²) in [5.74, 6) is -0.237. The minimum atomic E-state index is -0.408. The summed E-state index contributed by atoms with van der Waals surface area (Å²) in [5.41, 5.74) is 2.29. The lowest BCUT2D eigenvalue weighted by atomic mass is 10.1. The quantitative estimate of drug-likeness (QED) is 0.877. The first-order valence-corrected chi connectivity index (χ1v) is 6.09. The van der Waals surface area contributed by atoms with E-state index in [0.29, 0.717) is 5.56 Å². The SMILES string of the molecule is Cc1cncc(C(=O)NC(CO)c2ccccc2)c1. The summed E-state index contributed by atoms with van der Waals surface area (Å²) in [6, 6.07) is 10.7. The normalized spacial score (nSPS) is 11.9. The van der Waals surface area contributed by atoms with Crippen LogP contribution in [0, 0.1) is 6.92 Å². The van der Waals surface area contributed by atoms with Gasteiger partial charge in [0.2, 0.25) is 0 Å². The highest BCUT2D eigenvalue weighted by molar-refractivity contribution is 5.94. The number of benzene rings is 1. The van der Waals surface area contributed by atoms with Crippen molar-refractivity contribution >= 4 is 5.91 Å². The minimum Gasteiger partial charge on any atom is -0.394 e. The first kappa shape index (κ1) is 13.2. The molecule has 1 amide bonds. The van der Waals surface area contributed by atoms with Crippen LogP contribution in [0.5, 0.6) is 0 Å². The molecule has 2 N–H and O–H groups in total. The van der Waals surface area contributed by atoms with Gasteiger partial charge >= 0.3 is 0 Å². The first-order valence-electron chi connectivity index (χ1n) is 6.09. The Bertz CT molecular complexity index is 555. The average molecular weight is 256 g/mol. The summed E-state index contributed by atoms with van der Waals surface area (Å²) in [5, 5.41) is 12.2. The van der Waals surface area contributed by atoms with Crippen LogP contribution < -0.4 is 5.32 Å². The van der Waals surface area contributed by atoms with E-state index in [0.717, 1.165) is 11.1 Å². The zero-order valence-corrected chi connectivity index (χ0v) is 10.7. The van der Waals surface area contributed by atoms with Crippen LogP contribution in [0.25, 0.3) is 0 Å². The molecule has 0 saturated carbocycles. The molecular weight excluding hydrogens is 240 g/mol. The van der Waals surface area contributed by atoms with Gasteiger partial charge in [0.15, 0.2) is 0 Å². The maximum atomic E-state index is 12.1. The Morgan fingerprint density at radius 3 is 2.68 bits per heavy atom.